The van der Waals surface area contributed by atoms with Gasteiger partial charge in [-0.05, 0) is 36.5 Å². The van der Waals surface area contributed by atoms with Crippen molar-refractivity contribution in [2.24, 2.45) is 11.7 Å². The van der Waals surface area contributed by atoms with Gasteiger partial charge in [0.1, 0.15) is 0 Å². The van der Waals surface area contributed by atoms with E-state index < -0.39 is 23.9 Å². The van der Waals surface area contributed by atoms with Gasteiger partial charge >= 0.3 is 6.18 Å². The smallest absolute Gasteiger partial charge is 0.391 e. The highest BCUT2D eigenvalue weighted by molar-refractivity contribution is 6.31. The van der Waals surface area contributed by atoms with E-state index in [0.29, 0.717) is 0 Å². The van der Waals surface area contributed by atoms with Crippen LogP contribution in [0.5, 0.6) is 0 Å². The third-order valence-corrected chi connectivity index (χ3v) is 4.26. The summed E-state index contributed by atoms with van der Waals surface area (Å²) in [6, 6.07) is 2.74. The van der Waals surface area contributed by atoms with Gasteiger partial charge in [0, 0.05) is 0 Å². The highest BCUT2D eigenvalue weighted by atomic mass is 35.5. The van der Waals surface area contributed by atoms with Crippen LogP contribution in [0.25, 0.3) is 0 Å². The highest BCUT2D eigenvalue weighted by Crippen LogP contribution is 2.38. The Bertz CT molecular complexity index is 472. The van der Waals surface area contributed by atoms with Crippen LogP contribution in [0.15, 0.2) is 18.2 Å². The second-order valence-electron chi connectivity index (χ2n) is 5.30. The van der Waals surface area contributed by atoms with E-state index in [1.807, 2.05) is 0 Å². The molecule has 1 saturated carbocycles. The van der Waals surface area contributed by atoms with Gasteiger partial charge in [-0.1, -0.05) is 30.5 Å². The number of halogens is 4. The molecule has 2 rings (SSSR count). The normalized spacial score (nSPS) is 20.1. The van der Waals surface area contributed by atoms with Gasteiger partial charge in [0.05, 0.1) is 22.7 Å². The minimum atomic E-state index is -4.52. The van der Waals surface area contributed by atoms with E-state index in [1.165, 1.54) is 12.1 Å². The van der Waals surface area contributed by atoms with E-state index >= 15 is 0 Å². The number of aliphatic hydroxyl groups excluding tert-OH is 1. The van der Waals surface area contributed by atoms with E-state index in [-0.39, 0.29) is 16.5 Å². The topological polar surface area (TPSA) is 46.2 Å². The summed E-state index contributed by atoms with van der Waals surface area (Å²) in [6.45, 7) is 0. The second-order valence-corrected chi connectivity index (χ2v) is 5.71. The number of hydrogen-bond donors (Lipinski definition) is 2. The van der Waals surface area contributed by atoms with Crippen LogP contribution in [0.2, 0.25) is 5.02 Å². The molecule has 2 nitrogen and oxygen atoms in total. The third-order valence-electron chi connectivity index (χ3n) is 3.93. The van der Waals surface area contributed by atoms with Crippen molar-refractivity contribution in [3.05, 3.63) is 34.3 Å². The quantitative estimate of drug-likeness (QED) is 0.889. The molecule has 112 valence electrons. The lowest BCUT2D eigenvalue weighted by atomic mass is 9.90. The molecule has 0 bridgehead atoms. The maximum atomic E-state index is 12.8. The van der Waals surface area contributed by atoms with Gasteiger partial charge in [-0.25, -0.2) is 0 Å². The molecule has 0 radical (unpaired) electrons. The lowest BCUT2D eigenvalue weighted by Gasteiger charge is -2.25. The molecule has 0 aliphatic heterocycles. The largest absolute Gasteiger partial charge is 0.417 e. The third kappa shape index (κ3) is 3.27. The Kier molecular flexibility index (Phi) is 4.62. The summed E-state index contributed by atoms with van der Waals surface area (Å²) in [5.74, 6) is 0.0648. The van der Waals surface area contributed by atoms with Crippen molar-refractivity contribution in [3.63, 3.8) is 0 Å². The fourth-order valence-electron chi connectivity index (χ4n) is 2.76. The SMILES string of the molecule is N[C@@H](c1ccc(Cl)c(C(F)(F)F)c1)[C@H](O)C1CCCC1. The average Bonchev–Trinajstić information content (AvgIpc) is 2.90. The number of aliphatic hydroxyl groups is 1. The van der Waals surface area contributed by atoms with E-state index in [0.717, 1.165) is 31.7 Å². The van der Waals surface area contributed by atoms with Crippen molar-refractivity contribution in [3.8, 4) is 0 Å². The van der Waals surface area contributed by atoms with Crippen LogP contribution in [0.3, 0.4) is 0 Å². The van der Waals surface area contributed by atoms with Crippen LogP contribution in [0, 0.1) is 5.92 Å². The minimum Gasteiger partial charge on any atom is -0.391 e. The first-order chi connectivity index (χ1) is 9.30. The zero-order valence-electron chi connectivity index (χ0n) is 10.8. The molecule has 20 heavy (non-hydrogen) atoms. The molecule has 1 aliphatic rings. The van der Waals surface area contributed by atoms with E-state index in [1.54, 1.807) is 0 Å². The molecule has 1 fully saturated rings. The number of alkyl halides is 3. The van der Waals surface area contributed by atoms with Crippen molar-refractivity contribution < 1.29 is 18.3 Å². The average molecular weight is 308 g/mol. The molecule has 1 aliphatic carbocycles. The Hall–Kier alpha value is -0.780. The molecule has 1 aromatic rings. The van der Waals surface area contributed by atoms with Gasteiger partial charge in [-0.2, -0.15) is 13.2 Å². The molecule has 0 unspecified atom stereocenters. The Morgan fingerprint density at radius 1 is 1.25 bits per heavy atom. The zero-order valence-corrected chi connectivity index (χ0v) is 11.6. The summed E-state index contributed by atoms with van der Waals surface area (Å²) in [5.41, 5.74) is 5.27. The van der Waals surface area contributed by atoms with Crippen LogP contribution >= 0.6 is 11.6 Å². The first kappa shape index (κ1) is 15.6. The Balaban J connectivity index is 2.23. The summed E-state index contributed by atoms with van der Waals surface area (Å²) >= 11 is 5.57. The van der Waals surface area contributed by atoms with Crippen LogP contribution in [0.1, 0.15) is 42.9 Å². The number of hydrogen-bond acceptors (Lipinski definition) is 2. The zero-order chi connectivity index (χ0) is 14.9. The Morgan fingerprint density at radius 3 is 2.40 bits per heavy atom. The molecule has 0 spiro atoms. The van der Waals surface area contributed by atoms with Crippen molar-refractivity contribution in [2.45, 2.75) is 44.0 Å². The Labute approximate surface area is 120 Å². The maximum absolute atomic E-state index is 12.8. The fourth-order valence-corrected chi connectivity index (χ4v) is 2.98. The fraction of sp³-hybridized carbons (Fsp3) is 0.571. The molecule has 3 N–H and O–H groups in total. The lowest BCUT2D eigenvalue weighted by molar-refractivity contribution is -0.137. The molecular weight excluding hydrogens is 291 g/mol. The summed E-state index contributed by atoms with van der Waals surface area (Å²) in [5, 5.41) is 9.84. The van der Waals surface area contributed by atoms with E-state index in [2.05, 4.69) is 0 Å². The molecule has 0 saturated heterocycles. The number of rotatable bonds is 3. The van der Waals surface area contributed by atoms with Crippen molar-refractivity contribution >= 4 is 11.6 Å². The van der Waals surface area contributed by atoms with Gasteiger partial charge in [-0.3, -0.25) is 0 Å². The first-order valence-corrected chi connectivity index (χ1v) is 6.99. The molecule has 0 heterocycles. The molecule has 0 amide bonds. The minimum absolute atomic E-state index is 0.0648. The van der Waals surface area contributed by atoms with Gasteiger partial charge < -0.3 is 10.8 Å². The molecular formula is C14H17ClF3NO. The standard InChI is InChI=1S/C14H17ClF3NO/c15-11-6-5-9(7-10(11)14(16,17)18)12(19)13(20)8-3-1-2-4-8/h5-8,12-13,20H,1-4,19H2/t12-,13+/m0/s1. The van der Waals surface area contributed by atoms with Crippen LogP contribution < -0.4 is 5.73 Å². The molecule has 6 heteroatoms. The molecule has 2 atom stereocenters. The van der Waals surface area contributed by atoms with Crippen LogP contribution in [0.4, 0.5) is 13.2 Å². The van der Waals surface area contributed by atoms with Gasteiger partial charge in [0.25, 0.3) is 0 Å². The second kappa shape index (κ2) is 5.92. The van der Waals surface area contributed by atoms with Crippen molar-refractivity contribution in [1.29, 1.82) is 0 Å². The van der Waals surface area contributed by atoms with E-state index in [4.69, 9.17) is 17.3 Å². The first-order valence-electron chi connectivity index (χ1n) is 6.61. The van der Waals surface area contributed by atoms with Crippen molar-refractivity contribution in [1.82, 2.24) is 0 Å². The lowest BCUT2D eigenvalue weighted by Crippen LogP contribution is -2.32. The summed E-state index contributed by atoms with van der Waals surface area (Å²) in [6.07, 6.45) is -1.54. The molecule has 0 aromatic heterocycles. The van der Waals surface area contributed by atoms with Gasteiger partial charge in [0.15, 0.2) is 0 Å². The summed E-state index contributed by atoms with van der Waals surface area (Å²) < 4.78 is 38.4. The highest BCUT2D eigenvalue weighted by Gasteiger charge is 2.35. The Morgan fingerprint density at radius 2 is 1.85 bits per heavy atom. The van der Waals surface area contributed by atoms with E-state index in [9.17, 15) is 18.3 Å². The summed E-state index contributed by atoms with van der Waals surface area (Å²) in [4.78, 5) is 0. The predicted octanol–water partition coefficient (Wildman–Crippen LogP) is 3.91. The monoisotopic (exact) mass is 307 g/mol. The summed E-state index contributed by atoms with van der Waals surface area (Å²) in [7, 11) is 0. The number of benzene rings is 1. The van der Waals surface area contributed by atoms with Gasteiger partial charge in [-0.15, -0.1) is 0 Å². The van der Waals surface area contributed by atoms with Crippen LogP contribution in [-0.4, -0.2) is 11.2 Å². The predicted molar refractivity (Wildman–Crippen MR) is 71.3 cm³/mol. The van der Waals surface area contributed by atoms with Gasteiger partial charge in [0.2, 0.25) is 0 Å². The van der Waals surface area contributed by atoms with Crippen molar-refractivity contribution in [2.75, 3.05) is 0 Å². The van der Waals surface area contributed by atoms with Crippen LogP contribution in [-0.2, 0) is 6.18 Å². The number of nitrogens with two attached hydrogens (primary N) is 1. The molecule has 1 aromatic carbocycles. The maximum Gasteiger partial charge on any atom is 0.417 e.